The van der Waals surface area contributed by atoms with Crippen LogP contribution in [0.4, 0.5) is 0 Å². The van der Waals surface area contributed by atoms with Gasteiger partial charge in [0.25, 0.3) is 5.56 Å². The normalized spacial score (nSPS) is 11.4. The summed E-state index contributed by atoms with van der Waals surface area (Å²) in [6.45, 7) is 5.88. The Labute approximate surface area is 120 Å². The van der Waals surface area contributed by atoms with Crippen molar-refractivity contribution < 1.29 is 4.74 Å². The first-order valence-corrected chi connectivity index (χ1v) is 6.68. The van der Waals surface area contributed by atoms with Gasteiger partial charge in [-0.2, -0.15) is 0 Å². The monoisotopic (exact) mass is 322 g/mol. The molecule has 2 aromatic heterocycles. The Morgan fingerprint density at radius 3 is 2.53 bits per heavy atom. The van der Waals surface area contributed by atoms with E-state index in [1.54, 1.807) is 24.5 Å². The number of hydrogen-bond acceptors (Lipinski definition) is 3. The van der Waals surface area contributed by atoms with Crippen LogP contribution in [0.15, 0.2) is 45.9 Å². The largest absolute Gasteiger partial charge is 0.472 e. The van der Waals surface area contributed by atoms with Gasteiger partial charge in [-0.05, 0) is 48.8 Å². The van der Waals surface area contributed by atoms with Crippen molar-refractivity contribution in [3.05, 3.63) is 51.5 Å². The average Bonchev–Trinajstić information content (AvgIpc) is 2.31. The molecule has 0 radical (unpaired) electrons. The molecular formula is C14H15BrN2O2. The second kappa shape index (κ2) is 5.17. The van der Waals surface area contributed by atoms with Gasteiger partial charge < -0.3 is 4.74 Å². The number of nitrogens with zero attached hydrogens (tertiary/aromatic N) is 2. The van der Waals surface area contributed by atoms with Crippen LogP contribution in [-0.2, 0) is 0 Å². The van der Waals surface area contributed by atoms with Gasteiger partial charge in [-0.1, -0.05) is 0 Å². The van der Waals surface area contributed by atoms with Crippen LogP contribution in [0.5, 0.6) is 5.88 Å². The summed E-state index contributed by atoms with van der Waals surface area (Å²) < 4.78 is 8.00. The molecule has 0 unspecified atom stereocenters. The lowest BCUT2D eigenvalue weighted by Crippen LogP contribution is -2.23. The van der Waals surface area contributed by atoms with E-state index in [0.717, 1.165) is 4.47 Å². The minimum atomic E-state index is -0.291. The highest BCUT2D eigenvalue weighted by atomic mass is 79.9. The minimum Gasteiger partial charge on any atom is -0.472 e. The lowest BCUT2D eigenvalue weighted by atomic mass is 10.2. The third-order valence-corrected chi connectivity index (χ3v) is 2.75. The summed E-state index contributed by atoms with van der Waals surface area (Å²) >= 11 is 3.34. The van der Waals surface area contributed by atoms with Gasteiger partial charge in [0.05, 0.1) is 11.9 Å². The average molecular weight is 323 g/mol. The number of rotatable bonds is 2. The second-order valence-electron chi connectivity index (χ2n) is 5.12. The quantitative estimate of drug-likeness (QED) is 0.853. The van der Waals surface area contributed by atoms with Gasteiger partial charge in [-0.15, -0.1) is 0 Å². The molecule has 2 heterocycles. The van der Waals surface area contributed by atoms with Crippen LogP contribution >= 0.6 is 15.9 Å². The summed E-state index contributed by atoms with van der Waals surface area (Å²) in [7, 11) is 0. The van der Waals surface area contributed by atoms with Gasteiger partial charge in [-0.3, -0.25) is 9.36 Å². The molecule has 2 aromatic rings. The van der Waals surface area contributed by atoms with E-state index in [1.165, 1.54) is 10.6 Å². The molecule has 0 saturated carbocycles. The lowest BCUT2D eigenvalue weighted by Gasteiger charge is -2.20. The molecule has 0 aliphatic heterocycles. The maximum absolute atomic E-state index is 11.8. The van der Waals surface area contributed by atoms with Crippen molar-refractivity contribution in [2.24, 2.45) is 0 Å². The number of aromatic nitrogens is 2. The summed E-state index contributed by atoms with van der Waals surface area (Å²) in [6, 6.07) is 6.78. The number of ether oxygens (including phenoxy) is 1. The van der Waals surface area contributed by atoms with E-state index >= 15 is 0 Å². The summed E-state index contributed by atoms with van der Waals surface area (Å²) in [5.74, 6) is 0.541. The van der Waals surface area contributed by atoms with E-state index in [0.29, 0.717) is 11.6 Å². The maximum Gasteiger partial charge on any atom is 0.255 e. The molecule has 0 atom stereocenters. The highest BCUT2D eigenvalue weighted by molar-refractivity contribution is 9.10. The fourth-order valence-electron chi connectivity index (χ4n) is 1.55. The first kappa shape index (κ1) is 13.8. The third-order valence-electron chi connectivity index (χ3n) is 2.28. The Bertz CT molecular complexity index is 627. The first-order chi connectivity index (χ1) is 8.85. The maximum atomic E-state index is 11.8. The molecule has 0 aliphatic rings. The molecule has 0 bridgehead atoms. The molecule has 0 aromatic carbocycles. The molecule has 5 heteroatoms. The topological polar surface area (TPSA) is 44.1 Å². The van der Waals surface area contributed by atoms with E-state index in [-0.39, 0.29) is 11.2 Å². The van der Waals surface area contributed by atoms with Gasteiger partial charge in [0.1, 0.15) is 5.60 Å². The van der Waals surface area contributed by atoms with Crippen LogP contribution in [0.25, 0.3) is 5.69 Å². The Balaban J connectivity index is 2.33. The zero-order valence-corrected chi connectivity index (χ0v) is 12.6. The van der Waals surface area contributed by atoms with Gasteiger partial charge in [0, 0.05) is 22.8 Å². The summed E-state index contributed by atoms with van der Waals surface area (Å²) in [4.78, 5) is 16.0. The summed E-state index contributed by atoms with van der Waals surface area (Å²) in [6.07, 6.45) is 3.33. The van der Waals surface area contributed by atoms with Crippen molar-refractivity contribution in [2.75, 3.05) is 0 Å². The van der Waals surface area contributed by atoms with Crippen LogP contribution in [0.1, 0.15) is 20.8 Å². The fourth-order valence-corrected chi connectivity index (χ4v) is 1.89. The van der Waals surface area contributed by atoms with Gasteiger partial charge in [0.2, 0.25) is 5.88 Å². The molecule has 0 spiro atoms. The Morgan fingerprint density at radius 2 is 1.95 bits per heavy atom. The highest BCUT2D eigenvalue weighted by Crippen LogP contribution is 2.17. The van der Waals surface area contributed by atoms with Crippen molar-refractivity contribution in [1.82, 2.24) is 9.55 Å². The molecule has 0 amide bonds. The number of hydrogen-bond donors (Lipinski definition) is 0. The Morgan fingerprint density at radius 1 is 1.21 bits per heavy atom. The smallest absolute Gasteiger partial charge is 0.255 e. The van der Waals surface area contributed by atoms with E-state index in [1.807, 2.05) is 26.8 Å². The van der Waals surface area contributed by atoms with Crippen molar-refractivity contribution in [2.45, 2.75) is 26.4 Å². The first-order valence-electron chi connectivity index (χ1n) is 5.89. The third kappa shape index (κ3) is 3.67. The van der Waals surface area contributed by atoms with E-state index in [4.69, 9.17) is 4.74 Å². The van der Waals surface area contributed by atoms with E-state index < -0.39 is 0 Å². The van der Waals surface area contributed by atoms with E-state index in [2.05, 4.69) is 20.9 Å². The predicted molar refractivity (Wildman–Crippen MR) is 77.9 cm³/mol. The summed E-state index contributed by atoms with van der Waals surface area (Å²) in [5, 5.41) is 0. The van der Waals surface area contributed by atoms with Crippen molar-refractivity contribution in [3.8, 4) is 11.6 Å². The molecule has 100 valence electrons. The summed E-state index contributed by atoms with van der Waals surface area (Å²) in [5.41, 5.74) is 0.309. The van der Waals surface area contributed by atoms with Crippen molar-refractivity contribution >= 4 is 15.9 Å². The molecule has 0 aliphatic carbocycles. The van der Waals surface area contributed by atoms with Crippen LogP contribution in [0.2, 0.25) is 0 Å². The van der Waals surface area contributed by atoms with E-state index in [9.17, 15) is 4.79 Å². The predicted octanol–water partition coefficient (Wildman–Crippen LogP) is 3.17. The molecule has 0 fully saturated rings. The SMILES string of the molecule is CC(C)(C)Oc1ccc(-n2cc(Br)ccc2=O)cn1. The van der Waals surface area contributed by atoms with Crippen LogP contribution in [0.3, 0.4) is 0 Å². The van der Waals surface area contributed by atoms with Gasteiger partial charge in [-0.25, -0.2) is 4.98 Å². The van der Waals surface area contributed by atoms with Crippen LogP contribution in [-0.4, -0.2) is 15.2 Å². The molecule has 19 heavy (non-hydrogen) atoms. The standard InChI is InChI=1S/C14H15BrN2O2/c1-14(2,3)19-12-6-5-11(8-16-12)17-9-10(15)4-7-13(17)18/h4-9H,1-3H3. The molecule has 0 saturated heterocycles. The number of pyridine rings is 2. The van der Waals surface area contributed by atoms with Gasteiger partial charge >= 0.3 is 0 Å². The Hall–Kier alpha value is -1.62. The minimum absolute atomic E-state index is 0.102. The fraction of sp³-hybridized carbons (Fsp3) is 0.286. The van der Waals surface area contributed by atoms with Crippen LogP contribution in [0, 0.1) is 0 Å². The second-order valence-corrected chi connectivity index (χ2v) is 6.04. The van der Waals surface area contributed by atoms with Crippen molar-refractivity contribution in [1.29, 1.82) is 0 Å². The zero-order chi connectivity index (χ0) is 14.0. The zero-order valence-electron chi connectivity index (χ0n) is 11.1. The van der Waals surface area contributed by atoms with Gasteiger partial charge in [0.15, 0.2) is 0 Å². The van der Waals surface area contributed by atoms with Crippen LogP contribution < -0.4 is 10.3 Å². The molecular weight excluding hydrogens is 308 g/mol. The molecule has 0 N–H and O–H groups in total. The molecule has 4 nitrogen and oxygen atoms in total. The molecule has 2 rings (SSSR count). The van der Waals surface area contributed by atoms with Crippen molar-refractivity contribution in [3.63, 3.8) is 0 Å². The Kier molecular flexibility index (Phi) is 3.75. The lowest BCUT2D eigenvalue weighted by molar-refractivity contribution is 0.124. The highest BCUT2D eigenvalue weighted by Gasteiger charge is 2.12. The number of halogens is 1.